The van der Waals surface area contributed by atoms with E-state index in [9.17, 15) is 10.1 Å². The van der Waals surface area contributed by atoms with Gasteiger partial charge in [-0.1, -0.05) is 0 Å². The minimum Gasteiger partial charge on any atom is -0.324 e. The van der Waals surface area contributed by atoms with Crippen LogP contribution < -0.4 is 10.6 Å². The second-order valence-electron chi connectivity index (χ2n) is 4.81. The number of hydrogen-bond donors (Lipinski definition) is 2. The third-order valence-corrected chi connectivity index (χ3v) is 3.93. The largest absolute Gasteiger partial charge is 0.324 e. The summed E-state index contributed by atoms with van der Waals surface area (Å²) in [6.45, 7) is 0. The molecule has 0 saturated heterocycles. The van der Waals surface area contributed by atoms with Crippen molar-refractivity contribution >= 4 is 63.2 Å². The molecule has 0 aliphatic carbocycles. The SMILES string of the molecule is O=[N+]([O-])c1ccc(Nc2nc(Cl)nc(Nc3ccc(I)cc3)n2)cc1. The van der Waals surface area contributed by atoms with Gasteiger partial charge < -0.3 is 10.6 Å². The Morgan fingerprint density at radius 1 is 0.880 bits per heavy atom. The molecule has 2 N–H and O–H groups in total. The molecule has 2 aromatic carbocycles. The van der Waals surface area contributed by atoms with E-state index in [0.717, 1.165) is 9.26 Å². The first-order valence-electron chi connectivity index (χ1n) is 6.95. The Hall–Kier alpha value is -2.53. The molecule has 0 radical (unpaired) electrons. The normalized spacial score (nSPS) is 10.3. The van der Waals surface area contributed by atoms with Crippen molar-refractivity contribution in [3.63, 3.8) is 0 Å². The molecule has 0 atom stereocenters. The van der Waals surface area contributed by atoms with E-state index in [0.29, 0.717) is 5.69 Å². The molecular weight excluding hydrogens is 459 g/mol. The number of halogens is 2. The van der Waals surface area contributed by atoms with Gasteiger partial charge >= 0.3 is 0 Å². The monoisotopic (exact) mass is 468 g/mol. The summed E-state index contributed by atoms with van der Waals surface area (Å²) in [5.41, 5.74) is 1.40. The molecule has 0 aliphatic rings. The quantitative estimate of drug-likeness (QED) is 0.322. The Balaban J connectivity index is 1.79. The third-order valence-electron chi connectivity index (χ3n) is 3.04. The average molecular weight is 469 g/mol. The smallest absolute Gasteiger partial charge is 0.269 e. The fraction of sp³-hybridized carbons (Fsp3) is 0. The van der Waals surface area contributed by atoms with Gasteiger partial charge in [0.2, 0.25) is 17.2 Å². The Kier molecular flexibility index (Phi) is 5.24. The molecule has 0 saturated carbocycles. The number of nitrogens with zero attached hydrogens (tertiary/aromatic N) is 4. The summed E-state index contributed by atoms with van der Waals surface area (Å²) in [5.74, 6) is 0.507. The Morgan fingerprint density at radius 3 is 1.84 bits per heavy atom. The second kappa shape index (κ2) is 7.57. The van der Waals surface area contributed by atoms with Gasteiger partial charge in [0.1, 0.15) is 0 Å². The van der Waals surface area contributed by atoms with E-state index in [2.05, 4.69) is 48.2 Å². The van der Waals surface area contributed by atoms with E-state index in [1.165, 1.54) is 12.1 Å². The molecule has 25 heavy (non-hydrogen) atoms. The van der Waals surface area contributed by atoms with Crippen molar-refractivity contribution in [2.24, 2.45) is 0 Å². The first-order valence-corrected chi connectivity index (χ1v) is 8.41. The number of anilines is 4. The van der Waals surface area contributed by atoms with E-state index in [4.69, 9.17) is 11.6 Å². The maximum atomic E-state index is 10.7. The highest BCUT2D eigenvalue weighted by molar-refractivity contribution is 14.1. The van der Waals surface area contributed by atoms with Crippen molar-refractivity contribution < 1.29 is 4.92 Å². The maximum Gasteiger partial charge on any atom is 0.269 e. The van der Waals surface area contributed by atoms with Gasteiger partial charge in [0.05, 0.1) is 4.92 Å². The molecule has 8 nitrogen and oxygen atoms in total. The van der Waals surface area contributed by atoms with Crippen LogP contribution in [0.3, 0.4) is 0 Å². The predicted molar refractivity (Wildman–Crippen MR) is 104 cm³/mol. The lowest BCUT2D eigenvalue weighted by Crippen LogP contribution is -2.04. The number of rotatable bonds is 5. The lowest BCUT2D eigenvalue weighted by atomic mass is 10.3. The molecule has 0 bridgehead atoms. The predicted octanol–water partition coefficient (Wildman–Crippen LogP) is 4.53. The first-order chi connectivity index (χ1) is 12.0. The molecule has 3 aromatic rings. The Bertz CT molecular complexity index is 905. The summed E-state index contributed by atoms with van der Waals surface area (Å²) < 4.78 is 1.11. The zero-order valence-electron chi connectivity index (χ0n) is 12.5. The lowest BCUT2D eigenvalue weighted by Gasteiger charge is -2.08. The van der Waals surface area contributed by atoms with Gasteiger partial charge in [-0.05, 0) is 70.6 Å². The summed E-state index contributed by atoms with van der Waals surface area (Å²) >= 11 is 8.16. The van der Waals surface area contributed by atoms with Crippen LogP contribution in [0.2, 0.25) is 5.28 Å². The Labute approximate surface area is 161 Å². The van der Waals surface area contributed by atoms with Crippen LogP contribution >= 0.6 is 34.2 Å². The van der Waals surface area contributed by atoms with Crippen molar-refractivity contribution in [1.82, 2.24) is 15.0 Å². The van der Waals surface area contributed by atoms with E-state index >= 15 is 0 Å². The van der Waals surface area contributed by atoms with Crippen molar-refractivity contribution in [2.45, 2.75) is 0 Å². The van der Waals surface area contributed by atoms with E-state index in [-0.39, 0.29) is 22.9 Å². The summed E-state index contributed by atoms with van der Waals surface area (Å²) in [4.78, 5) is 22.5. The van der Waals surface area contributed by atoms with Crippen LogP contribution in [-0.2, 0) is 0 Å². The van der Waals surface area contributed by atoms with Crippen LogP contribution in [0, 0.1) is 13.7 Å². The van der Waals surface area contributed by atoms with Gasteiger partial charge in [-0.2, -0.15) is 15.0 Å². The van der Waals surface area contributed by atoms with Crippen LogP contribution in [-0.4, -0.2) is 19.9 Å². The van der Waals surface area contributed by atoms with Crippen LogP contribution in [0.25, 0.3) is 0 Å². The van der Waals surface area contributed by atoms with E-state index < -0.39 is 4.92 Å². The maximum absolute atomic E-state index is 10.7. The van der Waals surface area contributed by atoms with Gasteiger partial charge in [0.25, 0.3) is 5.69 Å². The highest BCUT2D eigenvalue weighted by atomic mass is 127. The van der Waals surface area contributed by atoms with Crippen molar-refractivity contribution in [3.8, 4) is 0 Å². The van der Waals surface area contributed by atoms with Crippen LogP contribution in [0.5, 0.6) is 0 Å². The van der Waals surface area contributed by atoms with Crippen LogP contribution in [0.15, 0.2) is 48.5 Å². The highest BCUT2D eigenvalue weighted by Crippen LogP contribution is 2.21. The molecular formula is C15H10ClIN6O2. The number of nitro benzene ring substituents is 1. The minimum absolute atomic E-state index is 0.000273. The summed E-state index contributed by atoms with van der Waals surface area (Å²) in [6, 6.07) is 13.6. The third kappa shape index (κ3) is 4.73. The van der Waals surface area contributed by atoms with Gasteiger partial charge in [-0.25, -0.2) is 0 Å². The number of nitro groups is 1. The van der Waals surface area contributed by atoms with E-state index in [1.807, 2.05) is 24.3 Å². The fourth-order valence-corrected chi connectivity index (χ4v) is 2.44. The highest BCUT2D eigenvalue weighted by Gasteiger charge is 2.08. The fourth-order valence-electron chi connectivity index (χ4n) is 1.92. The van der Waals surface area contributed by atoms with Gasteiger partial charge in [0, 0.05) is 27.1 Å². The lowest BCUT2D eigenvalue weighted by molar-refractivity contribution is -0.384. The molecule has 1 aromatic heterocycles. The van der Waals surface area contributed by atoms with Crippen LogP contribution in [0.1, 0.15) is 0 Å². The van der Waals surface area contributed by atoms with Crippen molar-refractivity contribution in [1.29, 1.82) is 0 Å². The first kappa shape index (κ1) is 17.3. The molecule has 10 heteroatoms. The molecule has 1 heterocycles. The molecule has 0 amide bonds. The molecule has 0 spiro atoms. The number of aromatic nitrogens is 3. The van der Waals surface area contributed by atoms with Crippen LogP contribution in [0.4, 0.5) is 29.0 Å². The number of nitrogens with one attached hydrogen (secondary N) is 2. The number of benzene rings is 2. The van der Waals surface area contributed by atoms with Crippen molar-refractivity contribution in [3.05, 3.63) is 67.5 Å². The summed E-state index contributed by atoms with van der Waals surface area (Å²) in [7, 11) is 0. The van der Waals surface area contributed by atoms with E-state index in [1.54, 1.807) is 12.1 Å². The topological polar surface area (TPSA) is 106 Å². The molecule has 3 rings (SSSR count). The molecule has 0 aliphatic heterocycles. The van der Waals surface area contributed by atoms with Gasteiger partial charge in [-0.15, -0.1) is 0 Å². The van der Waals surface area contributed by atoms with Crippen molar-refractivity contribution in [2.75, 3.05) is 10.6 Å². The summed E-state index contributed by atoms with van der Waals surface area (Å²) in [5, 5.41) is 16.7. The summed E-state index contributed by atoms with van der Waals surface area (Å²) in [6.07, 6.45) is 0. The molecule has 0 fully saturated rings. The molecule has 0 unspecified atom stereocenters. The number of hydrogen-bond acceptors (Lipinski definition) is 7. The Morgan fingerprint density at radius 2 is 1.36 bits per heavy atom. The van der Waals surface area contributed by atoms with Gasteiger partial charge in [-0.3, -0.25) is 10.1 Å². The minimum atomic E-state index is -0.466. The van der Waals surface area contributed by atoms with Gasteiger partial charge in [0.15, 0.2) is 0 Å². The number of non-ortho nitro benzene ring substituents is 1. The average Bonchev–Trinajstić information content (AvgIpc) is 2.57. The molecule has 126 valence electrons. The zero-order valence-corrected chi connectivity index (χ0v) is 15.4. The standard InChI is InChI=1S/C15H10ClIN6O2/c16-13-20-14(18-10-3-1-9(17)2-4-10)22-15(21-13)19-11-5-7-12(8-6-11)23(24)25/h1-8H,(H2,18,19,20,21,22). The zero-order chi connectivity index (χ0) is 17.8. The second-order valence-corrected chi connectivity index (χ2v) is 6.40.